The lowest BCUT2D eigenvalue weighted by molar-refractivity contribution is -0.137. The Morgan fingerprint density at radius 3 is 2.84 bits per heavy atom. The fourth-order valence-electron chi connectivity index (χ4n) is 2.05. The maximum atomic E-state index is 12.0. The number of sulfonamides is 1. The molecule has 1 heterocycles. The molecule has 1 aromatic rings. The molecule has 0 atom stereocenters. The van der Waals surface area contributed by atoms with E-state index in [0.717, 1.165) is 18.2 Å². The Labute approximate surface area is 111 Å². The van der Waals surface area contributed by atoms with Crippen molar-refractivity contribution in [1.82, 2.24) is 4.31 Å². The molecule has 1 N–H and O–H groups in total. The molecule has 0 unspecified atom stereocenters. The Kier molecular flexibility index (Phi) is 3.77. The number of ether oxygens (including phenoxy) is 1. The Morgan fingerprint density at radius 2 is 2.16 bits per heavy atom. The second kappa shape index (κ2) is 5.18. The van der Waals surface area contributed by atoms with Gasteiger partial charge < -0.3 is 9.84 Å². The van der Waals surface area contributed by atoms with E-state index < -0.39 is 21.7 Å². The molecule has 1 aliphatic heterocycles. The summed E-state index contributed by atoms with van der Waals surface area (Å²) in [6.07, 6.45) is 0.565. The van der Waals surface area contributed by atoms with Gasteiger partial charge in [0.25, 0.3) is 0 Å². The maximum Gasteiger partial charge on any atom is 0.322 e. The van der Waals surface area contributed by atoms with Crippen molar-refractivity contribution in [2.45, 2.75) is 13.0 Å². The Hall–Kier alpha value is -1.60. The van der Waals surface area contributed by atoms with Crippen LogP contribution in [0, 0.1) is 0 Å². The van der Waals surface area contributed by atoms with Crippen LogP contribution in [0.1, 0.15) is 11.1 Å². The number of esters is 1. The summed E-state index contributed by atoms with van der Waals surface area (Å²) in [7, 11) is -2.52. The first-order valence-electron chi connectivity index (χ1n) is 5.78. The van der Waals surface area contributed by atoms with E-state index in [1.165, 1.54) is 4.31 Å². The van der Waals surface area contributed by atoms with Crippen LogP contribution >= 0.6 is 0 Å². The van der Waals surface area contributed by atoms with E-state index in [9.17, 15) is 18.3 Å². The van der Waals surface area contributed by atoms with E-state index in [2.05, 4.69) is 4.74 Å². The highest BCUT2D eigenvalue weighted by Gasteiger charge is 2.29. The summed E-state index contributed by atoms with van der Waals surface area (Å²) in [5, 5.41) is 9.42. The molecule has 0 aliphatic carbocycles. The van der Waals surface area contributed by atoms with Gasteiger partial charge in [0.15, 0.2) is 5.75 Å². The number of carbonyl (C=O) groups is 1. The van der Waals surface area contributed by atoms with Gasteiger partial charge in [-0.15, -0.1) is 0 Å². The molecule has 0 aromatic heterocycles. The number of methoxy groups -OCH3 is 1. The van der Waals surface area contributed by atoms with Gasteiger partial charge in [-0.2, -0.15) is 4.31 Å². The number of phenols is 1. The first-order valence-corrected chi connectivity index (χ1v) is 7.39. The van der Waals surface area contributed by atoms with Crippen molar-refractivity contribution < 1.29 is 23.1 Å². The van der Waals surface area contributed by atoms with Crippen molar-refractivity contribution in [1.29, 1.82) is 0 Å². The van der Waals surface area contributed by atoms with Gasteiger partial charge >= 0.3 is 5.97 Å². The summed E-state index contributed by atoms with van der Waals surface area (Å²) in [5.41, 5.74) is 1.78. The van der Waals surface area contributed by atoms with E-state index in [0.29, 0.717) is 13.0 Å². The molecule has 0 saturated carbocycles. The van der Waals surface area contributed by atoms with E-state index in [-0.39, 0.29) is 12.3 Å². The molecule has 6 nitrogen and oxygen atoms in total. The van der Waals surface area contributed by atoms with E-state index in [1.54, 1.807) is 18.2 Å². The van der Waals surface area contributed by atoms with Crippen molar-refractivity contribution >= 4 is 16.0 Å². The molecule has 2 rings (SSSR count). The molecule has 104 valence electrons. The number of aromatic hydroxyl groups is 1. The zero-order chi connectivity index (χ0) is 14.0. The molecule has 0 amide bonds. The number of benzene rings is 1. The summed E-state index contributed by atoms with van der Waals surface area (Å²) < 4.78 is 29.6. The van der Waals surface area contributed by atoms with Crippen LogP contribution in [0.2, 0.25) is 0 Å². The quantitative estimate of drug-likeness (QED) is 0.805. The van der Waals surface area contributed by atoms with Crippen LogP contribution in [-0.2, 0) is 32.5 Å². The largest absolute Gasteiger partial charge is 0.508 e. The molecule has 1 aromatic carbocycles. The number of hydrogen-bond donors (Lipinski definition) is 1. The SMILES string of the molecule is COC(=O)CS(=O)(=O)N1CCc2ccc(O)cc2C1. The van der Waals surface area contributed by atoms with Crippen molar-refractivity contribution in [3.05, 3.63) is 29.3 Å². The van der Waals surface area contributed by atoms with Gasteiger partial charge in [0.2, 0.25) is 10.0 Å². The van der Waals surface area contributed by atoms with Gasteiger partial charge in [0.1, 0.15) is 5.75 Å². The van der Waals surface area contributed by atoms with E-state index in [1.807, 2.05) is 0 Å². The summed E-state index contributed by atoms with van der Waals surface area (Å²) >= 11 is 0. The lowest BCUT2D eigenvalue weighted by Gasteiger charge is -2.27. The van der Waals surface area contributed by atoms with Crippen LogP contribution in [0.5, 0.6) is 5.75 Å². The Morgan fingerprint density at radius 1 is 1.42 bits per heavy atom. The molecule has 0 bridgehead atoms. The van der Waals surface area contributed by atoms with Crippen LogP contribution < -0.4 is 0 Å². The van der Waals surface area contributed by atoms with Crippen LogP contribution in [0.25, 0.3) is 0 Å². The smallest absolute Gasteiger partial charge is 0.322 e. The zero-order valence-electron chi connectivity index (χ0n) is 10.5. The normalized spacial score (nSPS) is 15.8. The predicted octanol–water partition coefficient (Wildman–Crippen LogP) is 0.253. The second-order valence-corrected chi connectivity index (χ2v) is 6.34. The van der Waals surface area contributed by atoms with Crippen molar-refractivity contribution in [3.8, 4) is 5.75 Å². The van der Waals surface area contributed by atoms with Gasteiger partial charge in [-0.05, 0) is 29.7 Å². The van der Waals surface area contributed by atoms with Crippen LogP contribution in [0.3, 0.4) is 0 Å². The molecule has 1 aliphatic rings. The monoisotopic (exact) mass is 285 g/mol. The lowest BCUT2D eigenvalue weighted by atomic mass is 10.0. The molecule has 7 heteroatoms. The lowest BCUT2D eigenvalue weighted by Crippen LogP contribution is -2.39. The number of rotatable bonds is 3. The average molecular weight is 285 g/mol. The van der Waals surface area contributed by atoms with Gasteiger partial charge in [0.05, 0.1) is 7.11 Å². The minimum atomic E-state index is -3.67. The summed E-state index contributed by atoms with van der Waals surface area (Å²) in [6, 6.07) is 4.92. The third-order valence-electron chi connectivity index (χ3n) is 3.09. The second-order valence-electron chi connectivity index (χ2n) is 4.37. The molecule has 0 radical (unpaired) electrons. The van der Waals surface area contributed by atoms with E-state index in [4.69, 9.17) is 0 Å². The summed E-state index contributed by atoms with van der Waals surface area (Å²) in [6.45, 7) is 0.500. The predicted molar refractivity (Wildman–Crippen MR) is 68.0 cm³/mol. The first-order chi connectivity index (χ1) is 8.92. The zero-order valence-corrected chi connectivity index (χ0v) is 11.3. The number of fused-ring (bicyclic) bond motifs is 1. The summed E-state index contributed by atoms with van der Waals surface area (Å²) in [4.78, 5) is 11.1. The van der Waals surface area contributed by atoms with Crippen molar-refractivity contribution in [2.75, 3.05) is 19.4 Å². The Bertz CT molecular complexity index is 596. The minimum Gasteiger partial charge on any atom is -0.508 e. The fraction of sp³-hybridized carbons (Fsp3) is 0.417. The van der Waals surface area contributed by atoms with Crippen LogP contribution in [-0.4, -0.2) is 43.2 Å². The summed E-state index contributed by atoms with van der Waals surface area (Å²) in [5.74, 6) is -1.33. The van der Waals surface area contributed by atoms with Gasteiger partial charge in [-0.25, -0.2) is 8.42 Å². The number of nitrogens with zero attached hydrogens (tertiary/aromatic N) is 1. The molecular formula is C12H15NO5S. The first kappa shape index (κ1) is 13.8. The molecule has 0 spiro atoms. The van der Waals surface area contributed by atoms with Crippen molar-refractivity contribution in [3.63, 3.8) is 0 Å². The third kappa shape index (κ3) is 3.05. The number of hydrogen-bond acceptors (Lipinski definition) is 5. The molecule has 19 heavy (non-hydrogen) atoms. The highest BCUT2D eigenvalue weighted by atomic mass is 32.2. The number of carbonyl (C=O) groups excluding carboxylic acids is 1. The van der Waals surface area contributed by atoms with E-state index >= 15 is 0 Å². The van der Waals surface area contributed by atoms with Crippen molar-refractivity contribution in [2.24, 2.45) is 0 Å². The van der Waals surface area contributed by atoms with Gasteiger partial charge in [-0.1, -0.05) is 6.07 Å². The molecule has 0 saturated heterocycles. The van der Waals surface area contributed by atoms with Crippen LogP contribution in [0.15, 0.2) is 18.2 Å². The fourth-order valence-corrected chi connectivity index (χ4v) is 3.36. The van der Waals surface area contributed by atoms with Gasteiger partial charge in [-0.3, -0.25) is 4.79 Å². The number of phenolic OH excluding ortho intramolecular Hbond substituents is 1. The third-order valence-corrected chi connectivity index (χ3v) is 4.79. The standard InChI is InChI=1S/C12H15NO5S/c1-18-12(15)8-19(16,17)13-5-4-9-2-3-11(14)6-10(9)7-13/h2-3,6,14H,4-5,7-8H2,1H3. The van der Waals surface area contributed by atoms with Crippen LogP contribution in [0.4, 0.5) is 0 Å². The topological polar surface area (TPSA) is 83.9 Å². The Balaban J connectivity index is 2.19. The van der Waals surface area contributed by atoms with Gasteiger partial charge in [0, 0.05) is 13.1 Å². The maximum absolute atomic E-state index is 12.0. The average Bonchev–Trinajstić information content (AvgIpc) is 2.37. The molecule has 0 fully saturated rings. The minimum absolute atomic E-state index is 0.103. The highest BCUT2D eigenvalue weighted by molar-refractivity contribution is 7.89. The molecular weight excluding hydrogens is 270 g/mol. The highest BCUT2D eigenvalue weighted by Crippen LogP contribution is 2.24.